The van der Waals surface area contributed by atoms with E-state index in [9.17, 15) is 9.18 Å². The van der Waals surface area contributed by atoms with Crippen LogP contribution < -0.4 is 16.4 Å². The van der Waals surface area contributed by atoms with Crippen LogP contribution in [0.15, 0.2) is 60.7 Å². The van der Waals surface area contributed by atoms with Gasteiger partial charge in [0, 0.05) is 24.6 Å². The van der Waals surface area contributed by atoms with Crippen molar-refractivity contribution in [3.63, 3.8) is 0 Å². The van der Waals surface area contributed by atoms with E-state index in [-0.39, 0.29) is 17.8 Å². The van der Waals surface area contributed by atoms with Gasteiger partial charge in [0.15, 0.2) is 5.82 Å². The number of unbranched alkanes of at least 4 members (excludes halogenated alkanes) is 1. The Morgan fingerprint density at radius 1 is 0.947 bits per heavy atom. The fourth-order valence-corrected chi connectivity index (χ4v) is 4.76. The standard InChI is InChI=1S/C28H32FN7OS/c1-19(30)23-17-21(11-13-24(23)29)15-16-31-28-36-35-27(38-28)10-6-5-9-22-12-14-25(34-33-22)32-26(37)18-20-7-3-2-4-8-20/h2-4,7-8,11-14,17,19H,5-6,9-10,15-16,18,30H2,1H3,(H,31,36)(H,32,34,37). The Hall–Kier alpha value is -3.76. The number of hydrogen-bond acceptors (Lipinski definition) is 8. The molecule has 0 spiro atoms. The predicted octanol–water partition coefficient (Wildman–Crippen LogP) is 4.89. The lowest BCUT2D eigenvalue weighted by molar-refractivity contribution is -0.115. The number of aromatic nitrogens is 4. The first-order valence-corrected chi connectivity index (χ1v) is 13.5. The van der Waals surface area contributed by atoms with Crippen LogP contribution in [0.1, 0.15) is 53.2 Å². The minimum Gasteiger partial charge on any atom is -0.360 e. The largest absolute Gasteiger partial charge is 0.360 e. The van der Waals surface area contributed by atoms with Crippen molar-refractivity contribution in [2.75, 3.05) is 17.2 Å². The maximum Gasteiger partial charge on any atom is 0.229 e. The van der Waals surface area contributed by atoms with E-state index in [0.29, 0.717) is 24.3 Å². The molecule has 0 aliphatic carbocycles. The van der Waals surface area contributed by atoms with E-state index in [0.717, 1.165) is 59.1 Å². The minimum absolute atomic E-state index is 0.116. The number of carbonyl (C=O) groups excluding carboxylic acids is 1. The second-order valence-corrected chi connectivity index (χ2v) is 10.2. The van der Waals surface area contributed by atoms with E-state index in [1.54, 1.807) is 30.4 Å². The number of hydrogen-bond donors (Lipinski definition) is 3. The molecule has 0 saturated heterocycles. The lowest BCUT2D eigenvalue weighted by Crippen LogP contribution is -2.15. The first-order valence-electron chi connectivity index (χ1n) is 12.7. The highest BCUT2D eigenvalue weighted by atomic mass is 32.1. The van der Waals surface area contributed by atoms with Crippen molar-refractivity contribution >= 4 is 28.2 Å². The van der Waals surface area contributed by atoms with Crippen molar-refractivity contribution in [3.05, 3.63) is 93.9 Å². The zero-order valence-electron chi connectivity index (χ0n) is 21.4. The third kappa shape index (κ3) is 8.39. The van der Waals surface area contributed by atoms with E-state index in [1.165, 1.54) is 6.07 Å². The van der Waals surface area contributed by atoms with Gasteiger partial charge in [0.05, 0.1) is 12.1 Å². The summed E-state index contributed by atoms with van der Waals surface area (Å²) in [5.74, 6) is 0.0740. The summed E-state index contributed by atoms with van der Waals surface area (Å²) in [6.07, 6.45) is 4.60. The first-order chi connectivity index (χ1) is 18.5. The fraction of sp³-hybridized carbons (Fsp3) is 0.321. The van der Waals surface area contributed by atoms with Crippen molar-refractivity contribution in [3.8, 4) is 0 Å². The SMILES string of the molecule is CC(N)c1cc(CCNc2nnc(CCCCc3ccc(NC(=O)Cc4ccccc4)nn3)s2)ccc1F. The van der Waals surface area contributed by atoms with Gasteiger partial charge in [-0.25, -0.2) is 4.39 Å². The molecule has 0 bridgehead atoms. The maximum absolute atomic E-state index is 13.8. The van der Waals surface area contributed by atoms with E-state index < -0.39 is 0 Å². The Balaban J connectivity index is 1.13. The third-order valence-electron chi connectivity index (χ3n) is 5.98. The number of halogens is 1. The molecule has 0 radical (unpaired) electrons. The third-order valence-corrected chi connectivity index (χ3v) is 6.92. The quantitative estimate of drug-likeness (QED) is 0.209. The van der Waals surface area contributed by atoms with Gasteiger partial charge in [-0.1, -0.05) is 53.8 Å². The van der Waals surface area contributed by atoms with Gasteiger partial charge < -0.3 is 16.4 Å². The van der Waals surface area contributed by atoms with Crippen LogP contribution in [0.2, 0.25) is 0 Å². The van der Waals surface area contributed by atoms with Crippen LogP contribution in [0.4, 0.5) is 15.3 Å². The van der Waals surface area contributed by atoms with E-state index in [1.807, 2.05) is 42.5 Å². The summed E-state index contributed by atoms with van der Waals surface area (Å²) in [6, 6.07) is 18.0. The van der Waals surface area contributed by atoms with Crippen LogP contribution in [0, 0.1) is 5.82 Å². The molecule has 0 fully saturated rings. The van der Waals surface area contributed by atoms with Gasteiger partial charge in [-0.2, -0.15) is 5.10 Å². The molecule has 1 amide bonds. The van der Waals surface area contributed by atoms with E-state index >= 15 is 0 Å². The number of nitrogens with zero attached hydrogens (tertiary/aromatic N) is 4. The Labute approximate surface area is 225 Å². The fourth-order valence-electron chi connectivity index (χ4n) is 3.95. The van der Waals surface area contributed by atoms with Gasteiger partial charge in [0.2, 0.25) is 11.0 Å². The van der Waals surface area contributed by atoms with E-state index in [4.69, 9.17) is 5.73 Å². The number of nitrogens with two attached hydrogens (primary N) is 1. The highest BCUT2D eigenvalue weighted by Gasteiger charge is 2.09. The molecule has 4 aromatic rings. The molecule has 0 saturated carbocycles. The normalized spacial score (nSPS) is 11.8. The molecule has 4 N–H and O–H groups in total. The van der Waals surface area contributed by atoms with Gasteiger partial charge in [0.25, 0.3) is 0 Å². The van der Waals surface area contributed by atoms with Crippen molar-refractivity contribution in [1.29, 1.82) is 0 Å². The van der Waals surface area contributed by atoms with Crippen LogP contribution in [-0.4, -0.2) is 32.8 Å². The molecular formula is C28H32FN7OS. The van der Waals surface area contributed by atoms with Crippen LogP contribution in [0.25, 0.3) is 0 Å². The Bertz CT molecular complexity index is 1310. The molecule has 8 nitrogen and oxygen atoms in total. The van der Waals surface area contributed by atoms with Crippen LogP contribution in [0.3, 0.4) is 0 Å². The van der Waals surface area contributed by atoms with Crippen LogP contribution in [0.5, 0.6) is 0 Å². The highest BCUT2D eigenvalue weighted by molar-refractivity contribution is 7.15. The number of rotatable bonds is 13. The van der Waals surface area contributed by atoms with Crippen LogP contribution in [-0.2, 0) is 30.5 Å². The summed E-state index contributed by atoms with van der Waals surface area (Å²) in [5, 5.41) is 24.7. The number of amides is 1. The smallest absolute Gasteiger partial charge is 0.229 e. The molecule has 0 aliphatic heterocycles. The van der Waals surface area contributed by atoms with E-state index in [2.05, 4.69) is 31.0 Å². The monoisotopic (exact) mass is 533 g/mol. The molecular weight excluding hydrogens is 501 g/mol. The predicted molar refractivity (Wildman–Crippen MR) is 149 cm³/mol. The summed E-state index contributed by atoms with van der Waals surface area (Å²) in [4.78, 5) is 12.2. The molecule has 0 aliphatic rings. The lowest BCUT2D eigenvalue weighted by atomic mass is 10.0. The molecule has 198 valence electrons. The number of aryl methyl sites for hydroxylation is 2. The zero-order chi connectivity index (χ0) is 26.7. The van der Waals surface area contributed by atoms with Gasteiger partial charge in [0.1, 0.15) is 10.8 Å². The van der Waals surface area contributed by atoms with Gasteiger partial charge in [-0.15, -0.1) is 15.3 Å². The van der Waals surface area contributed by atoms with Gasteiger partial charge in [-0.05, 0) is 61.9 Å². The number of benzene rings is 2. The van der Waals surface area contributed by atoms with Crippen molar-refractivity contribution in [2.45, 2.75) is 51.5 Å². The second-order valence-electron chi connectivity index (χ2n) is 9.15. The Morgan fingerprint density at radius 2 is 1.76 bits per heavy atom. The molecule has 1 atom stereocenters. The highest BCUT2D eigenvalue weighted by Crippen LogP contribution is 2.19. The zero-order valence-corrected chi connectivity index (χ0v) is 22.2. The van der Waals surface area contributed by atoms with Crippen molar-refractivity contribution < 1.29 is 9.18 Å². The summed E-state index contributed by atoms with van der Waals surface area (Å²) in [6.45, 7) is 2.46. The summed E-state index contributed by atoms with van der Waals surface area (Å²) in [5.41, 5.74) is 9.24. The van der Waals surface area contributed by atoms with Gasteiger partial charge >= 0.3 is 0 Å². The Morgan fingerprint density at radius 3 is 2.53 bits per heavy atom. The minimum atomic E-state index is -0.335. The number of nitrogens with one attached hydrogen (secondary N) is 2. The summed E-state index contributed by atoms with van der Waals surface area (Å²) < 4.78 is 13.8. The molecule has 1 unspecified atom stereocenters. The molecule has 2 aromatic heterocycles. The maximum atomic E-state index is 13.8. The van der Waals surface area contributed by atoms with Crippen molar-refractivity contribution in [2.24, 2.45) is 5.73 Å². The number of anilines is 2. The molecule has 38 heavy (non-hydrogen) atoms. The molecule has 10 heteroatoms. The van der Waals surface area contributed by atoms with Crippen LogP contribution >= 0.6 is 11.3 Å². The topological polar surface area (TPSA) is 119 Å². The Kier molecular flexibility index (Phi) is 9.83. The lowest BCUT2D eigenvalue weighted by Gasteiger charge is -2.10. The van der Waals surface area contributed by atoms with Gasteiger partial charge in [-0.3, -0.25) is 4.79 Å². The average molecular weight is 534 g/mol. The summed E-state index contributed by atoms with van der Waals surface area (Å²) in [7, 11) is 0. The number of carbonyl (C=O) groups is 1. The van der Waals surface area contributed by atoms with Crippen molar-refractivity contribution in [1.82, 2.24) is 20.4 Å². The second kappa shape index (κ2) is 13.7. The summed E-state index contributed by atoms with van der Waals surface area (Å²) >= 11 is 1.55. The molecule has 2 aromatic carbocycles. The average Bonchev–Trinajstić information content (AvgIpc) is 3.36. The molecule has 2 heterocycles. The molecule has 4 rings (SSSR count). The first kappa shape index (κ1) is 27.3.